The average molecular weight is 422 g/mol. The fourth-order valence-electron chi connectivity index (χ4n) is 3.74. The van der Waals surface area contributed by atoms with Crippen LogP contribution in [0.1, 0.15) is 12.0 Å². The number of halogens is 3. The van der Waals surface area contributed by atoms with E-state index in [0.717, 1.165) is 68.5 Å². The zero-order valence-electron chi connectivity index (χ0n) is 16.7. The molecule has 0 atom stereocenters. The van der Waals surface area contributed by atoms with Gasteiger partial charge < -0.3 is 19.1 Å². The minimum atomic E-state index is -4.32. The molecule has 1 fully saturated rings. The van der Waals surface area contributed by atoms with Crippen LogP contribution >= 0.6 is 0 Å². The Morgan fingerprint density at radius 1 is 0.900 bits per heavy atom. The number of benzene rings is 2. The Hall–Kier alpha value is -2.61. The van der Waals surface area contributed by atoms with E-state index >= 15 is 0 Å². The molecule has 0 saturated carbocycles. The lowest BCUT2D eigenvalue weighted by molar-refractivity contribution is -0.137. The molecule has 0 aromatic heterocycles. The Morgan fingerprint density at radius 3 is 2.37 bits per heavy atom. The Labute approximate surface area is 173 Å². The van der Waals surface area contributed by atoms with Crippen molar-refractivity contribution in [3.05, 3.63) is 48.0 Å². The number of para-hydroxylation sites is 1. The lowest BCUT2D eigenvalue weighted by atomic mass is 10.2. The maximum Gasteiger partial charge on any atom is 0.416 e. The van der Waals surface area contributed by atoms with Crippen molar-refractivity contribution >= 4 is 5.69 Å². The van der Waals surface area contributed by atoms with Gasteiger partial charge in [-0.3, -0.25) is 4.90 Å². The number of piperazine rings is 1. The van der Waals surface area contributed by atoms with Gasteiger partial charge in [0, 0.05) is 32.7 Å². The van der Waals surface area contributed by atoms with Crippen LogP contribution in [0, 0.1) is 0 Å². The quantitative estimate of drug-likeness (QED) is 0.656. The predicted molar refractivity (Wildman–Crippen MR) is 108 cm³/mol. The normalized spacial score (nSPS) is 17.1. The van der Waals surface area contributed by atoms with Crippen molar-refractivity contribution in [3.63, 3.8) is 0 Å². The van der Waals surface area contributed by atoms with E-state index in [9.17, 15) is 13.2 Å². The number of alkyl halides is 3. The molecule has 0 amide bonds. The van der Waals surface area contributed by atoms with Gasteiger partial charge in [0.2, 0.25) is 0 Å². The Bertz CT molecular complexity index is 835. The van der Waals surface area contributed by atoms with Crippen LogP contribution in [0.5, 0.6) is 17.2 Å². The molecule has 2 heterocycles. The summed E-state index contributed by atoms with van der Waals surface area (Å²) in [4.78, 5) is 4.70. The molecule has 0 unspecified atom stereocenters. The third kappa shape index (κ3) is 4.92. The van der Waals surface area contributed by atoms with Gasteiger partial charge in [-0.05, 0) is 42.8 Å². The van der Waals surface area contributed by atoms with Crippen LogP contribution in [-0.2, 0) is 6.18 Å². The standard InChI is InChI=1S/C22H25F3N2O3/c23-22(24,25)17-5-7-18(8-6-17)28-14-2-9-26-10-12-27(13-11-26)19-3-1-4-20-21(19)30-16-15-29-20/h1,3-8H,2,9-16H2. The topological polar surface area (TPSA) is 34.2 Å². The first-order valence-corrected chi connectivity index (χ1v) is 10.2. The van der Waals surface area contributed by atoms with Crippen molar-refractivity contribution in [1.82, 2.24) is 4.90 Å². The summed E-state index contributed by atoms with van der Waals surface area (Å²) in [7, 11) is 0. The molecule has 8 heteroatoms. The van der Waals surface area contributed by atoms with Crippen molar-refractivity contribution in [2.24, 2.45) is 0 Å². The highest BCUT2D eigenvalue weighted by Gasteiger charge is 2.30. The molecule has 4 rings (SSSR count). The van der Waals surface area contributed by atoms with Crippen LogP contribution in [0.3, 0.4) is 0 Å². The second-order valence-electron chi connectivity index (χ2n) is 7.35. The number of hydrogen-bond acceptors (Lipinski definition) is 5. The van der Waals surface area contributed by atoms with E-state index in [1.54, 1.807) is 0 Å². The smallest absolute Gasteiger partial charge is 0.416 e. The molecular formula is C22H25F3N2O3. The number of nitrogens with zero attached hydrogens (tertiary/aromatic N) is 2. The maximum atomic E-state index is 12.6. The minimum Gasteiger partial charge on any atom is -0.494 e. The van der Waals surface area contributed by atoms with Crippen LogP contribution in [0.25, 0.3) is 0 Å². The molecule has 0 spiro atoms. The van der Waals surface area contributed by atoms with Gasteiger partial charge in [0.25, 0.3) is 0 Å². The molecule has 2 aromatic carbocycles. The van der Waals surface area contributed by atoms with Gasteiger partial charge in [-0.25, -0.2) is 0 Å². The van der Waals surface area contributed by atoms with Gasteiger partial charge in [0.1, 0.15) is 19.0 Å². The highest BCUT2D eigenvalue weighted by molar-refractivity contribution is 5.65. The van der Waals surface area contributed by atoms with Crippen molar-refractivity contribution in [2.45, 2.75) is 12.6 Å². The Morgan fingerprint density at radius 2 is 1.63 bits per heavy atom. The van der Waals surface area contributed by atoms with Crippen LogP contribution in [0.15, 0.2) is 42.5 Å². The van der Waals surface area contributed by atoms with Gasteiger partial charge in [0.15, 0.2) is 11.5 Å². The van der Waals surface area contributed by atoms with Crippen LogP contribution in [-0.4, -0.2) is 57.4 Å². The van der Waals surface area contributed by atoms with Gasteiger partial charge in [-0.2, -0.15) is 13.2 Å². The molecule has 5 nitrogen and oxygen atoms in total. The van der Waals surface area contributed by atoms with Crippen molar-refractivity contribution in [3.8, 4) is 17.2 Å². The van der Waals surface area contributed by atoms with Crippen molar-refractivity contribution in [2.75, 3.05) is 57.4 Å². The monoisotopic (exact) mass is 422 g/mol. The highest BCUT2D eigenvalue weighted by atomic mass is 19.4. The molecule has 30 heavy (non-hydrogen) atoms. The first-order chi connectivity index (χ1) is 14.5. The zero-order chi connectivity index (χ0) is 21.0. The zero-order valence-corrected chi connectivity index (χ0v) is 16.7. The molecule has 162 valence electrons. The molecule has 1 saturated heterocycles. The summed E-state index contributed by atoms with van der Waals surface area (Å²) in [6.07, 6.45) is -3.50. The third-order valence-electron chi connectivity index (χ3n) is 5.33. The summed E-state index contributed by atoms with van der Waals surface area (Å²) in [6.45, 7) is 6.19. The van der Waals surface area contributed by atoms with E-state index in [0.29, 0.717) is 25.6 Å². The van der Waals surface area contributed by atoms with Crippen molar-refractivity contribution in [1.29, 1.82) is 0 Å². The number of anilines is 1. The number of rotatable bonds is 6. The molecule has 2 aromatic rings. The molecule has 2 aliphatic heterocycles. The fraction of sp³-hybridized carbons (Fsp3) is 0.455. The second-order valence-corrected chi connectivity index (χ2v) is 7.35. The summed E-state index contributed by atoms with van der Waals surface area (Å²) >= 11 is 0. The second kappa shape index (κ2) is 9.04. The summed E-state index contributed by atoms with van der Waals surface area (Å²) in [5, 5.41) is 0. The van der Waals surface area contributed by atoms with Crippen LogP contribution in [0.2, 0.25) is 0 Å². The summed E-state index contributed by atoms with van der Waals surface area (Å²) in [6, 6.07) is 10.8. The molecular weight excluding hydrogens is 397 g/mol. The largest absolute Gasteiger partial charge is 0.494 e. The third-order valence-corrected chi connectivity index (χ3v) is 5.33. The minimum absolute atomic E-state index is 0.462. The molecule has 0 radical (unpaired) electrons. The summed E-state index contributed by atoms with van der Waals surface area (Å²) in [5.41, 5.74) is 0.418. The van der Waals surface area contributed by atoms with Gasteiger partial charge in [0.05, 0.1) is 17.9 Å². The van der Waals surface area contributed by atoms with Crippen molar-refractivity contribution < 1.29 is 27.4 Å². The van der Waals surface area contributed by atoms with Crippen LogP contribution in [0.4, 0.5) is 18.9 Å². The molecule has 0 aliphatic carbocycles. The first-order valence-electron chi connectivity index (χ1n) is 10.2. The number of ether oxygens (including phenoxy) is 3. The lowest BCUT2D eigenvalue weighted by Gasteiger charge is -2.37. The van der Waals surface area contributed by atoms with E-state index in [2.05, 4.69) is 15.9 Å². The lowest BCUT2D eigenvalue weighted by Crippen LogP contribution is -2.47. The molecule has 2 aliphatic rings. The number of hydrogen-bond donors (Lipinski definition) is 0. The fourth-order valence-corrected chi connectivity index (χ4v) is 3.74. The summed E-state index contributed by atoms with van der Waals surface area (Å²) < 4.78 is 54.8. The number of fused-ring (bicyclic) bond motifs is 1. The Balaban J connectivity index is 1.20. The van der Waals surface area contributed by atoms with Gasteiger partial charge in [-0.15, -0.1) is 0 Å². The van der Waals surface area contributed by atoms with E-state index in [4.69, 9.17) is 14.2 Å². The van der Waals surface area contributed by atoms with Crippen LogP contribution < -0.4 is 19.1 Å². The van der Waals surface area contributed by atoms with E-state index in [1.165, 1.54) is 12.1 Å². The molecule has 0 bridgehead atoms. The van der Waals surface area contributed by atoms with E-state index < -0.39 is 11.7 Å². The predicted octanol–water partition coefficient (Wildman–Crippen LogP) is 4.07. The van der Waals surface area contributed by atoms with Gasteiger partial charge >= 0.3 is 6.18 Å². The maximum absolute atomic E-state index is 12.6. The summed E-state index contributed by atoms with van der Waals surface area (Å²) in [5.74, 6) is 2.10. The molecule has 0 N–H and O–H groups in total. The average Bonchev–Trinajstić information content (AvgIpc) is 2.76. The first kappa shape index (κ1) is 20.7. The Kier molecular flexibility index (Phi) is 6.22. The van der Waals surface area contributed by atoms with E-state index in [-0.39, 0.29) is 0 Å². The highest BCUT2D eigenvalue weighted by Crippen LogP contribution is 2.39. The SMILES string of the molecule is FC(F)(F)c1ccc(OCCCN2CCN(c3cccc4c3OCCO4)CC2)cc1. The van der Waals surface area contributed by atoms with Gasteiger partial charge in [-0.1, -0.05) is 6.07 Å². The van der Waals surface area contributed by atoms with E-state index in [1.807, 2.05) is 12.1 Å².